The Bertz CT molecular complexity index is 1150. The molecule has 0 aliphatic heterocycles. The van der Waals surface area contributed by atoms with Crippen LogP contribution in [-0.2, 0) is 16.1 Å². The molecule has 2 aromatic heterocycles. The lowest BCUT2D eigenvalue weighted by Gasteiger charge is -2.19. The Balaban J connectivity index is 1.26. The Kier molecular flexibility index (Phi) is 13.0. The smallest absolute Gasteiger partial charge is 0.306 e. The van der Waals surface area contributed by atoms with E-state index in [1.807, 2.05) is 39.0 Å². The standard InChI is InChI=1S/C32H45N3O3S/c1-32(2,3)38-29(36)21-14-12-10-8-6-4-5-7-9-11-13-17-24-35-27-20-16-15-19-26(27)25-28(35)30(37)39-31-33-22-18-23-34-31/h15-16,18-20,22-23,25H,4-14,17,21,24H2,1-3H3. The fourth-order valence-corrected chi connectivity index (χ4v) is 5.46. The van der Waals surface area contributed by atoms with E-state index in [9.17, 15) is 9.59 Å². The van der Waals surface area contributed by atoms with E-state index in [1.54, 1.807) is 18.5 Å². The summed E-state index contributed by atoms with van der Waals surface area (Å²) >= 11 is 1.09. The summed E-state index contributed by atoms with van der Waals surface area (Å²) in [6, 6.07) is 12.0. The lowest BCUT2D eigenvalue weighted by Crippen LogP contribution is -2.23. The third kappa shape index (κ3) is 11.5. The zero-order valence-corrected chi connectivity index (χ0v) is 24.8. The van der Waals surface area contributed by atoms with Crippen LogP contribution in [0.2, 0.25) is 0 Å². The van der Waals surface area contributed by atoms with Crippen LogP contribution in [0.1, 0.15) is 115 Å². The Morgan fingerprint density at radius 2 is 1.36 bits per heavy atom. The van der Waals surface area contributed by atoms with Crippen molar-refractivity contribution in [3.63, 3.8) is 0 Å². The molecular formula is C32H45N3O3S. The largest absolute Gasteiger partial charge is 0.460 e. The molecule has 0 atom stereocenters. The van der Waals surface area contributed by atoms with E-state index in [4.69, 9.17) is 4.74 Å². The number of hydrogen-bond acceptors (Lipinski definition) is 6. The first kappa shape index (κ1) is 30.9. The van der Waals surface area contributed by atoms with Gasteiger partial charge in [0.1, 0.15) is 5.60 Å². The molecule has 0 N–H and O–H groups in total. The first-order valence-corrected chi connectivity index (χ1v) is 15.4. The third-order valence-electron chi connectivity index (χ3n) is 6.68. The van der Waals surface area contributed by atoms with Gasteiger partial charge in [-0.2, -0.15) is 0 Å². The fourth-order valence-electron chi connectivity index (χ4n) is 4.79. The normalized spacial score (nSPS) is 11.7. The number of hydrogen-bond donors (Lipinski definition) is 0. The van der Waals surface area contributed by atoms with Crippen LogP contribution in [0.4, 0.5) is 0 Å². The molecule has 0 saturated heterocycles. The average Bonchev–Trinajstić information content (AvgIpc) is 3.27. The molecule has 212 valence electrons. The maximum absolute atomic E-state index is 13.1. The van der Waals surface area contributed by atoms with Crippen molar-refractivity contribution in [1.29, 1.82) is 0 Å². The molecule has 39 heavy (non-hydrogen) atoms. The van der Waals surface area contributed by atoms with Gasteiger partial charge in [-0.25, -0.2) is 9.97 Å². The number of para-hydroxylation sites is 1. The van der Waals surface area contributed by atoms with Crippen LogP contribution in [0.5, 0.6) is 0 Å². The Morgan fingerprint density at radius 3 is 1.97 bits per heavy atom. The van der Waals surface area contributed by atoms with E-state index in [1.165, 1.54) is 57.8 Å². The zero-order valence-electron chi connectivity index (χ0n) is 24.0. The summed E-state index contributed by atoms with van der Waals surface area (Å²) in [6.07, 6.45) is 18.3. The number of rotatable bonds is 17. The molecule has 0 unspecified atom stereocenters. The number of aromatic nitrogens is 3. The number of esters is 1. The molecule has 6 nitrogen and oxygen atoms in total. The average molecular weight is 552 g/mol. The minimum atomic E-state index is -0.378. The molecule has 3 aromatic rings. The van der Waals surface area contributed by atoms with Crippen molar-refractivity contribution in [3.05, 3.63) is 54.5 Å². The number of benzene rings is 1. The van der Waals surface area contributed by atoms with Crippen molar-refractivity contribution in [2.75, 3.05) is 0 Å². The van der Waals surface area contributed by atoms with Gasteiger partial charge in [0.2, 0.25) is 5.12 Å². The molecule has 0 amide bonds. The molecule has 0 spiro atoms. The van der Waals surface area contributed by atoms with Crippen LogP contribution in [-0.4, -0.2) is 31.2 Å². The first-order valence-electron chi connectivity index (χ1n) is 14.6. The van der Waals surface area contributed by atoms with Gasteiger partial charge in [-0.05, 0) is 63.6 Å². The number of thioether (sulfide) groups is 1. The van der Waals surface area contributed by atoms with Crippen molar-refractivity contribution in [1.82, 2.24) is 14.5 Å². The summed E-state index contributed by atoms with van der Waals surface area (Å²) in [5, 5.41) is 1.57. The van der Waals surface area contributed by atoms with Gasteiger partial charge in [0.25, 0.3) is 0 Å². The topological polar surface area (TPSA) is 74.1 Å². The van der Waals surface area contributed by atoms with Gasteiger partial charge >= 0.3 is 5.97 Å². The second-order valence-electron chi connectivity index (χ2n) is 11.2. The highest BCUT2D eigenvalue weighted by molar-refractivity contribution is 8.14. The first-order chi connectivity index (χ1) is 18.8. The maximum Gasteiger partial charge on any atom is 0.306 e. The highest BCUT2D eigenvalue weighted by Gasteiger charge is 2.18. The van der Waals surface area contributed by atoms with E-state index in [0.29, 0.717) is 11.6 Å². The van der Waals surface area contributed by atoms with Crippen LogP contribution < -0.4 is 0 Å². The third-order valence-corrected chi connectivity index (χ3v) is 7.47. The summed E-state index contributed by atoms with van der Waals surface area (Å²) in [5.74, 6) is -0.0738. The van der Waals surface area contributed by atoms with Gasteiger partial charge < -0.3 is 9.30 Å². The van der Waals surface area contributed by atoms with Crippen LogP contribution in [0.15, 0.2) is 53.9 Å². The quantitative estimate of drug-likeness (QED) is 0.0722. The van der Waals surface area contributed by atoms with Gasteiger partial charge in [0.15, 0.2) is 5.16 Å². The van der Waals surface area contributed by atoms with Crippen molar-refractivity contribution in [2.24, 2.45) is 0 Å². The molecule has 0 saturated carbocycles. The Labute approximate surface area is 238 Å². The molecule has 2 heterocycles. The van der Waals surface area contributed by atoms with Crippen LogP contribution in [0.3, 0.4) is 0 Å². The van der Waals surface area contributed by atoms with Crippen molar-refractivity contribution >= 4 is 33.7 Å². The molecule has 0 aliphatic rings. The number of aryl methyl sites for hydroxylation is 1. The number of fused-ring (bicyclic) bond motifs is 1. The van der Waals surface area contributed by atoms with E-state index in [2.05, 4.69) is 26.7 Å². The molecule has 0 bridgehead atoms. The monoisotopic (exact) mass is 551 g/mol. The maximum atomic E-state index is 13.1. The number of nitrogens with zero attached hydrogens (tertiary/aromatic N) is 3. The van der Waals surface area contributed by atoms with Crippen LogP contribution >= 0.6 is 11.8 Å². The molecule has 1 aromatic carbocycles. The van der Waals surface area contributed by atoms with Gasteiger partial charge in [0, 0.05) is 36.3 Å². The number of carbonyl (C=O) groups is 2. The molecule has 7 heteroatoms. The van der Waals surface area contributed by atoms with E-state index in [-0.39, 0.29) is 16.7 Å². The fraction of sp³-hybridized carbons (Fsp3) is 0.562. The highest BCUT2D eigenvalue weighted by atomic mass is 32.2. The number of ether oxygens (including phenoxy) is 1. The second-order valence-corrected chi connectivity index (χ2v) is 12.2. The van der Waals surface area contributed by atoms with E-state index in [0.717, 1.165) is 54.2 Å². The van der Waals surface area contributed by atoms with E-state index < -0.39 is 0 Å². The minimum absolute atomic E-state index is 0.0135. The summed E-state index contributed by atoms with van der Waals surface area (Å²) in [5.41, 5.74) is 1.45. The summed E-state index contributed by atoms with van der Waals surface area (Å²) in [4.78, 5) is 33.2. The summed E-state index contributed by atoms with van der Waals surface area (Å²) < 4.78 is 7.52. The predicted molar refractivity (Wildman–Crippen MR) is 160 cm³/mol. The minimum Gasteiger partial charge on any atom is -0.460 e. The van der Waals surface area contributed by atoms with E-state index >= 15 is 0 Å². The van der Waals surface area contributed by atoms with Gasteiger partial charge in [-0.15, -0.1) is 0 Å². The lowest BCUT2D eigenvalue weighted by molar-refractivity contribution is -0.154. The van der Waals surface area contributed by atoms with Crippen molar-refractivity contribution < 1.29 is 14.3 Å². The van der Waals surface area contributed by atoms with Crippen LogP contribution in [0, 0.1) is 0 Å². The molecule has 3 rings (SSSR count). The second kappa shape index (κ2) is 16.4. The number of unbranched alkanes of at least 4 members (excludes halogenated alkanes) is 11. The predicted octanol–water partition coefficient (Wildman–Crippen LogP) is 8.78. The Hall–Kier alpha value is -2.67. The van der Waals surface area contributed by atoms with Gasteiger partial charge in [-0.1, -0.05) is 82.4 Å². The Morgan fingerprint density at radius 1 is 0.795 bits per heavy atom. The highest BCUT2D eigenvalue weighted by Crippen LogP contribution is 2.26. The zero-order chi connectivity index (χ0) is 27.9. The summed E-state index contributed by atoms with van der Waals surface area (Å²) in [6.45, 7) is 6.59. The number of carbonyl (C=O) groups excluding carboxylic acids is 2. The van der Waals surface area contributed by atoms with Crippen LogP contribution in [0.25, 0.3) is 10.9 Å². The lowest BCUT2D eigenvalue weighted by atomic mass is 10.0. The van der Waals surface area contributed by atoms with Crippen molar-refractivity contribution in [2.45, 2.75) is 122 Å². The van der Waals surface area contributed by atoms with Gasteiger partial charge in [-0.3, -0.25) is 9.59 Å². The SMILES string of the molecule is CC(C)(C)OC(=O)CCCCCCCCCCCCCCn1c(C(=O)Sc2ncccn2)cc2ccccc21. The molecule has 0 radical (unpaired) electrons. The molecule has 0 aliphatic carbocycles. The molecular weight excluding hydrogens is 506 g/mol. The van der Waals surface area contributed by atoms with Crippen molar-refractivity contribution in [3.8, 4) is 0 Å². The molecule has 0 fully saturated rings. The summed E-state index contributed by atoms with van der Waals surface area (Å²) in [7, 11) is 0. The van der Waals surface area contributed by atoms with Gasteiger partial charge in [0.05, 0.1) is 5.69 Å².